The molecule has 2 aromatic carbocycles. The van der Waals surface area contributed by atoms with Crippen molar-refractivity contribution in [3.8, 4) is 17.2 Å². The number of carbonyl (C=O) groups excluding carboxylic acids is 3. The van der Waals surface area contributed by atoms with Gasteiger partial charge < -0.3 is 19.0 Å². The molecule has 42 heavy (non-hydrogen) atoms. The normalized spacial score (nSPS) is 20.0. The van der Waals surface area contributed by atoms with E-state index in [-0.39, 0.29) is 41.5 Å². The second kappa shape index (κ2) is 10.6. The molecule has 2 fully saturated rings. The second-order valence-electron chi connectivity index (χ2n) is 12.7. The van der Waals surface area contributed by atoms with Crippen LogP contribution in [0.25, 0.3) is 17.5 Å². The van der Waals surface area contributed by atoms with Gasteiger partial charge in [-0.15, -0.1) is 0 Å². The molecule has 3 atom stereocenters. The zero-order chi connectivity index (χ0) is 29.8. The second-order valence-corrected chi connectivity index (χ2v) is 12.7. The van der Waals surface area contributed by atoms with Gasteiger partial charge in [-0.25, -0.2) is 4.98 Å². The van der Waals surface area contributed by atoms with Crippen molar-refractivity contribution in [3.63, 3.8) is 0 Å². The maximum atomic E-state index is 14.0. The average molecular weight is 568 g/mol. The monoisotopic (exact) mass is 567 g/mol. The van der Waals surface area contributed by atoms with Crippen LogP contribution in [-0.2, 0) is 16.0 Å². The molecule has 2 aliphatic heterocycles. The summed E-state index contributed by atoms with van der Waals surface area (Å²) in [5.41, 5.74) is 3.69. The Kier molecular flexibility index (Phi) is 7.03. The Morgan fingerprint density at radius 3 is 2.36 bits per heavy atom. The van der Waals surface area contributed by atoms with Crippen LogP contribution in [0.15, 0.2) is 58.5 Å². The number of amides is 2. The van der Waals surface area contributed by atoms with Crippen LogP contribution in [0.5, 0.6) is 5.75 Å². The summed E-state index contributed by atoms with van der Waals surface area (Å²) in [5, 5.41) is 0. The Morgan fingerprint density at radius 2 is 1.71 bits per heavy atom. The lowest BCUT2D eigenvalue weighted by Gasteiger charge is -2.39. The number of rotatable bonds is 7. The first-order valence-corrected chi connectivity index (χ1v) is 14.6. The lowest BCUT2D eigenvalue weighted by Crippen LogP contribution is -2.53. The lowest BCUT2D eigenvalue weighted by molar-refractivity contribution is -0.143. The van der Waals surface area contributed by atoms with Gasteiger partial charge in [0, 0.05) is 37.1 Å². The number of aromatic nitrogens is 1. The summed E-state index contributed by atoms with van der Waals surface area (Å²) in [5.74, 6) is 1.01. The SMILES string of the molecule is COc1ccc(-c2nc(C(=O)N3C[C@@H]4C[C@H]3CN4C(=O)[C@@H](CC(=O)C3=Cc4ccccc4C3)C(C)(C)C)c(C)o2)cc1. The zero-order valence-corrected chi connectivity index (χ0v) is 24.8. The highest BCUT2D eigenvalue weighted by molar-refractivity contribution is 6.03. The highest BCUT2D eigenvalue weighted by Crippen LogP contribution is 2.39. The van der Waals surface area contributed by atoms with Gasteiger partial charge in [-0.05, 0) is 60.2 Å². The van der Waals surface area contributed by atoms with Gasteiger partial charge >= 0.3 is 0 Å². The topological polar surface area (TPSA) is 93.0 Å². The molecule has 218 valence electrons. The Morgan fingerprint density at radius 1 is 1.02 bits per heavy atom. The summed E-state index contributed by atoms with van der Waals surface area (Å²) >= 11 is 0. The van der Waals surface area contributed by atoms with Crippen LogP contribution in [0, 0.1) is 18.3 Å². The smallest absolute Gasteiger partial charge is 0.276 e. The number of benzene rings is 2. The highest BCUT2D eigenvalue weighted by atomic mass is 16.5. The van der Waals surface area contributed by atoms with Gasteiger partial charge in [0.05, 0.1) is 25.1 Å². The van der Waals surface area contributed by atoms with Gasteiger partial charge in [0.1, 0.15) is 11.5 Å². The molecule has 6 rings (SSSR count). The van der Waals surface area contributed by atoms with Gasteiger partial charge in [-0.2, -0.15) is 0 Å². The molecule has 8 heteroatoms. The minimum atomic E-state index is -0.442. The standard InChI is InChI=1S/C34H37N3O5/c1-20-30(35-31(42-20)21-10-12-27(41-5)13-11-21)33(40)37-19-25-16-26(37)18-36(25)32(39)28(34(2,3)4)17-29(38)24-14-22-8-6-7-9-23(22)15-24/h6-14,25-26,28H,15-19H2,1-5H3/t25-,26-,28+/m0/s1. The fourth-order valence-electron chi connectivity index (χ4n) is 6.51. The van der Waals surface area contributed by atoms with E-state index in [9.17, 15) is 14.4 Å². The van der Waals surface area contributed by atoms with E-state index in [2.05, 4.69) is 4.98 Å². The van der Waals surface area contributed by atoms with Crippen molar-refractivity contribution < 1.29 is 23.5 Å². The van der Waals surface area contributed by atoms with E-state index in [4.69, 9.17) is 9.15 Å². The molecule has 1 aliphatic carbocycles. The van der Waals surface area contributed by atoms with Gasteiger partial charge in [-0.1, -0.05) is 45.0 Å². The Labute approximate surface area is 246 Å². The maximum Gasteiger partial charge on any atom is 0.276 e. The molecule has 8 nitrogen and oxygen atoms in total. The van der Waals surface area contributed by atoms with Crippen molar-refractivity contribution in [1.29, 1.82) is 0 Å². The number of oxazole rings is 1. The summed E-state index contributed by atoms with van der Waals surface area (Å²) < 4.78 is 11.1. The van der Waals surface area contributed by atoms with E-state index in [1.807, 2.05) is 85.2 Å². The van der Waals surface area contributed by atoms with E-state index < -0.39 is 5.92 Å². The lowest BCUT2D eigenvalue weighted by atomic mass is 9.76. The highest BCUT2D eigenvalue weighted by Gasteiger charge is 2.50. The molecule has 0 N–H and O–H groups in total. The van der Waals surface area contributed by atoms with Gasteiger partial charge in [0.15, 0.2) is 11.5 Å². The first-order chi connectivity index (χ1) is 20.0. The number of aryl methyl sites for hydroxylation is 1. The number of piperazine rings is 1. The number of hydrogen-bond donors (Lipinski definition) is 0. The minimum absolute atomic E-state index is 0.00553. The number of nitrogens with zero attached hydrogens (tertiary/aromatic N) is 3. The molecule has 0 radical (unpaired) electrons. The average Bonchev–Trinajstić information content (AvgIpc) is 3.77. The molecular weight excluding hydrogens is 530 g/mol. The number of allylic oxidation sites excluding steroid dienone is 1. The van der Waals surface area contributed by atoms with Crippen LogP contribution < -0.4 is 4.74 Å². The number of likely N-dealkylation sites (tertiary alicyclic amines) is 2. The number of fused-ring (bicyclic) bond motifs is 3. The maximum absolute atomic E-state index is 14.0. The predicted molar refractivity (Wildman–Crippen MR) is 159 cm³/mol. The van der Waals surface area contributed by atoms with E-state index in [1.54, 1.807) is 14.0 Å². The fourth-order valence-corrected chi connectivity index (χ4v) is 6.51. The van der Waals surface area contributed by atoms with Crippen molar-refractivity contribution in [2.45, 2.75) is 59.0 Å². The number of ketones is 1. The summed E-state index contributed by atoms with van der Waals surface area (Å²) in [6.07, 6.45) is 3.50. The Bertz CT molecular complexity index is 1580. The molecule has 2 amide bonds. The molecule has 2 bridgehead atoms. The van der Waals surface area contributed by atoms with Crippen LogP contribution in [0.2, 0.25) is 0 Å². The van der Waals surface area contributed by atoms with E-state index >= 15 is 0 Å². The van der Waals surface area contributed by atoms with Crippen molar-refractivity contribution in [3.05, 3.63) is 76.7 Å². The summed E-state index contributed by atoms with van der Waals surface area (Å²) in [6.45, 7) is 8.74. The number of carbonyl (C=O) groups is 3. The van der Waals surface area contributed by atoms with Crippen LogP contribution >= 0.6 is 0 Å². The predicted octanol–water partition coefficient (Wildman–Crippen LogP) is 5.35. The largest absolute Gasteiger partial charge is 0.497 e. The van der Waals surface area contributed by atoms with Crippen molar-refractivity contribution in [2.75, 3.05) is 20.2 Å². The Hall–Kier alpha value is -4.20. The molecule has 0 spiro atoms. The van der Waals surface area contributed by atoms with Gasteiger partial charge in [-0.3, -0.25) is 14.4 Å². The molecule has 0 unspecified atom stereocenters. The van der Waals surface area contributed by atoms with Crippen LogP contribution in [-0.4, -0.2) is 64.7 Å². The zero-order valence-electron chi connectivity index (χ0n) is 24.8. The van der Waals surface area contributed by atoms with Gasteiger partial charge in [0.25, 0.3) is 5.91 Å². The minimum Gasteiger partial charge on any atom is -0.497 e. The van der Waals surface area contributed by atoms with Gasteiger partial charge in [0.2, 0.25) is 11.8 Å². The number of Topliss-reactive ketones (excluding diaryl/α,β-unsaturated/α-hetero) is 1. The molecule has 3 aliphatic rings. The van der Waals surface area contributed by atoms with Crippen LogP contribution in [0.3, 0.4) is 0 Å². The molecule has 1 aromatic heterocycles. The van der Waals surface area contributed by atoms with E-state index in [1.165, 1.54) is 0 Å². The summed E-state index contributed by atoms with van der Waals surface area (Å²) in [7, 11) is 1.61. The molecule has 3 heterocycles. The van der Waals surface area contributed by atoms with E-state index in [0.29, 0.717) is 36.9 Å². The summed E-state index contributed by atoms with van der Waals surface area (Å²) in [6, 6.07) is 15.2. The number of ether oxygens (including phenoxy) is 1. The summed E-state index contributed by atoms with van der Waals surface area (Å²) in [4.78, 5) is 49.2. The third-order valence-corrected chi connectivity index (χ3v) is 8.98. The van der Waals surface area contributed by atoms with Crippen molar-refractivity contribution in [1.82, 2.24) is 14.8 Å². The quantitative estimate of drug-likeness (QED) is 0.383. The number of methoxy groups -OCH3 is 1. The molecular formula is C34H37N3O5. The molecule has 2 saturated heterocycles. The van der Waals surface area contributed by atoms with Crippen molar-refractivity contribution >= 4 is 23.7 Å². The van der Waals surface area contributed by atoms with E-state index in [0.717, 1.165) is 34.4 Å². The third-order valence-electron chi connectivity index (χ3n) is 8.98. The first kappa shape index (κ1) is 27.9. The molecule has 0 saturated carbocycles. The first-order valence-electron chi connectivity index (χ1n) is 14.6. The fraction of sp³-hybridized carbons (Fsp3) is 0.412. The Balaban J connectivity index is 1.13. The van der Waals surface area contributed by atoms with Crippen molar-refractivity contribution in [2.24, 2.45) is 11.3 Å². The van der Waals surface area contributed by atoms with Crippen LogP contribution in [0.1, 0.15) is 61.0 Å². The third kappa shape index (κ3) is 5.03. The van der Waals surface area contributed by atoms with Crippen LogP contribution in [0.4, 0.5) is 0 Å². The number of hydrogen-bond acceptors (Lipinski definition) is 6. The molecule has 3 aromatic rings.